The third kappa shape index (κ3) is 3.02. The molecule has 0 amide bonds. The maximum absolute atomic E-state index is 12.0. The van der Waals surface area contributed by atoms with Gasteiger partial charge in [0.1, 0.15) is 0 Å². The normalized spacial score (nSPS) is 29.2. The highest BCUT2D eigenvalue weighted by atomic mass is 16.4. The lowest BCUT2D eigenvalue weighted by Gasteiger charge is -2.52. The molecule has 23 heavy (non-hydrogen) atoms. The third-order valence-electron chi connectivity index (χ3n) is 5.93. The SMILES string of the molecule is CCc1ccccc1CN1CC[C@@]2(C(=O)O)CCCN(C)[C@@H]2C1. The summed E-state index contributed by atoms with van der Waals surface area (Å²) in [6, 6.07) is 8.75. The topological polar surface area (TPSA) is 43.8 Å². The molecule has 2 aliphatic rings. The zero-order valence-electron chi connectivity index (χ0n) is 14.3. The maximum atomic E-state index is 12.0. The molecule has 0 saturated carbocycles. The molecule has 1 aromatic carbocycles. The summed E-state index contributed by atoms with van der Waals surface area (Å²) >= 11 is 0. The van der Waals surface area contributed by atoms with Crippen molar-refractivity contribution in [3.8, 4) is 0 Å². The van der Waals surface area contributed by atoms with Crippen molar-refractivity contribution in [1.29, 1.82) is 0 Å². The molecule has 0 bridgehead atoms. The number of fused-ring (bicyclic) bond motifs is 1. The zero-order chi connectivity index (χ0) is 16.4. The van der Waals surface area contributed by atoms with Crippen LogP contribution in [0, 0.1) is 5.41 Å². The largest absolute Gasteiger partial charge is 0.481 e. The zero-order valence-corrected chi connectivity index (χ0v) is 14.3. The third-order valence-corrected chi connectivity index (χ3v) is 5.93. The minimum Gasteiger partial charge on any atom is -0.481 e. The van der Waals surface area contributed by atoms with Gasteiger partial charge in [-0.05, 0) is 56.9 Å². The summed E-state index contributed by atoms with van der Waals surface area (Å²) in [6.07, 6.45) is 3.65. The van der Waals surface area contributed by atoms with Crippen molar-refractivity contribution in [1.82, 2.24) is 9.80 Å². The molecule has 3 rings (SSSR count). The van der Waals surface area contributed by atoms with Crippen LogP contribution in [0.25, 0.3) is 0 Å². The quantitative estimate of drug-likeness (QED) is 0.927. The van der Waals surface area contributed by atoms with Gasteiger partial charge in [-0.25, -0.2) is 0 Å². The second-order valence-corrected chi connectivity index (χ2v) is 7.17. The summed E-state index contributed by atoms with van der Waals surface area (Å²) in [6.45, 7) is 5.89. The first-order chi connectivity index (χ1) is 11.1. The smallest absolute Gasteiger partial charge is 0.311 e. The van der Waals surface area contributed by atoms with Crippen LogP contribution in [0.15, 0.2) is 24.3 Å². The number of likely N-dealkylation sites (N-methyl/N-ethyl adjacent to an activating group) is 1. The van der Waals surface area contributed by atoms with Gasteiger partial charge in [-0.1, -0.05) is 31.2 Å². The molecule has 1 N–H and O–H groups in total. The number of aryl methyl sites for hydroxylation is 1. The minimum atomic E-state index is -0.595. The number of piperidine rings is 2. The van der Waals surface area contributed by atoms with Crippen LogP contribution in [0.5, 0.6) is 0 Å². The van der Waals surface area contributed by atoms with Gasteiger partial charge in [-0.3, -0.25) is 9.69 Å². The molecular formula is C19H28N2O2. The number of hydrogen-bond acceptors (Lipinski definition) is 3. The van der Waals surface area contributed by atoms with Crippen molar-refractivity contribution in [2.45, 2.75) is 45.2 Å². The number of carboxylic acids is 1. The average Bonchev–Trinajstić information content (AvgIpc) is 2.56. The van der Waals surface area contributed by atoms with Gasteiger partial charge >= 0.3 is 5.97 Å². The van der Waals surface area contributed by atoms with E-state index < -0.39 is 11.4 Å². The van der Waals surface area contributed by atoms with E-state index >= 15 is 0 Å². The Morgan fingerprint density at radius 2 is 2.00 bits per heavy atom. The van der Waals surface area contributed by atoms with Crippen LogP contribution in [0.1, 0.15) is 37.3 Å². The van der Waals surface area contributed by atoms with Crippen LogP contribution >= 0.6 is 0 Å². The molecule has 0 aromatic heterocycles. The van der Waals surface area contributed by atoms with Crippen LogP contribution in [0.4, 0.5) is 0 Å². The molecule has 0 unspecified atom stereocenters. The molecular weight excluding hydrogens is 288 g/mol. The maximum Gasteiger partial charge on any atom is 0.311 e. The van der Waals surface area contributed by atoms with Gasteiger partial charge in [-0.15, -0.1) is 0 Å². The van der Waals surface area contributed by atoms with E-state index in [0.717, 1.165) is 51.9 Å². The average molecular weight is 316 g/mol. The first kappa shape index (κ1) is 16.5. The molecule has 1 aromatic rings. The molecule has 2 aliphatic heterocycles. The number of aliphatic carboxylic acids is 1. The van der Waals surface area contributed by atoms with Crippen LogP contribution < -0.4 is 0 Å². The lowest BCUT2D eigenvalue weighted by molar-refractivity contribution is -0.162. The fourth-order valence-corrected chi connectivity index (χ4v) is 4.49. The first-order valence-electron chi connectivity index (χ1n) is 8.79. The Hall–Kier alpha value is -1.39. The second-order valence-electron chi connectivity index (χ2n) is 7.17. The molecule has 2 fully saturated rings. The molecule has 0 spiro atoms. The van der Waals surface area contributed by atoms with Crippen molar-refractivity contribution >= 4 is 5.97 Å². The fraction of sp³-hybridized carbons (Fsp3) is 0.632. The van der Waals surface area contributed by atoms with Crippen LogP contribution in [0.2, 0.25) is 0 Å². The lowest BCUT2D eigenvalue weighted by Crippen LogP contribution is -2.62. The molecule has 126 valence electrons. The molecule has 4 heteroatoms. The number of carboxylic acid groups (broad SMARTS) is 1. The predicted molar refractivity (Wildman–Crippen MR) is 91.4 cm³/mol. The number of benzene rings is 1. The Balaban J connectivity index is 1.77. The standard InChI is InChI=1S/C19H28N2O2/c1-3-15-7-4-5-8-16(15)13-21-12-10-19(18(22)23)9-6-11-20(2)17(19)14-21/h4-5,7-8,17H,3,6,9-14H2,1-2H3,(H,22,23)/t17-,19+/m1/s1. The van der Waals surface area contributed by atoms with Crippen LogP contribution in [-0.2, 0) is 17.8 Å². The monoisotopic (exact) mass is 316 g/mol. The van der Waals surface area contributed by atoms with Gasteiger partial charge in [0.15, 0.2) is 0 Å². The molecule has 2 atom stereocenters. The van der Waals surface area contributed by atoms with E-state index in [-0.39, 0.29) is 6.04 Å². The minimum absolute atomic E-state index is 0.135. The van der Waals surface area contributed by atoms with Crippen molar-refractivity contribution in [2.24, 2.45) is 5.41 Å². The van der Waals surface area contributed by atoms with Crippen molar-refractivity contribution in [2.75, 3.05) is 26.7 Å². The Kier molecular flexibility index (Phi) is 4.74. The van der Waals surface area contributed by atoms with Gasteiger partial charge in [0.05, 0.1) is 5.41 Å². The summed E-state index contributed by atoms with van der Waals surface area (Å²) < 4.78 is 0. The predicted octanol–water partition coefficient (Wildman–Crippen LogP) is 2.62. The molecule has 0 aliphatic carbocycles. The van der Waals surface area contributed by atoms with Crippen LogP contribution in [0.3, 0.4) is 0 Å². The van der Waals surface area contributed by atoms with E-state index in [4.69, 9.17) is 0 Å². The summed E-state index contributed by atoms with van der Waals surface area (Å²) in [5, 5.41) is 9.85. The molecule has 2 heterocycles. The van der Waals surface area contributed by atoms with Gasteiger partial charge < -0.3 is 10.0 Å². The van der Waals surface area contributed by atoms with Gasteiger partial charge in [-0.2, -0.15) is 0 Å². The molecule has 0 radical (unpaired) electrons. The Morgan fingerprint density at radius 1 is 1.26 bits per heavy atom. The van der Waals surface area contributed by atoms with Crippen LogP contribution in [-0.4, -0.2) is 53.6 Å². The van der Waals surface area contributed by atoms with E-state index in [1.54, 1.807) is 0 Å². The number of nitrogens with zero attached hydrogens (tertiary/aromatic N) is 2. The van der Waals surface area contributed by atoms with Crippen molar-refractivity contribution < 1.29 is 9.90 Å². The number of rotatable bonds is 4. The van der Waals surface area contributed by atoms with E-state index in [1.165, 1.54) is 11.1 Å². The van der Waals surface area contributed by atoms with E-state index in [2.05, 4.69) is 48.0 Å². The van der Waals surface area contributed by atoms with Gasteiger partial charge in [0, 0.05) is 19.1 Å². The van der Waals surface area contributed by atoms with Gasteiger partial charge in [0.25, 0.3) is 0 Å². The highest BCUT2D eigenvalue weighted by Gasteiger charge is 2.52. The van der Waals surface area contributed by atoms with Gasteiger partial charge in [0.2, 0.25) is 0 Å². The van der Waals surface area contributed by atoms with Crippen molar-refractivity contribution in [3.63, 3.8) is 0 Å². The summed E-state index contributed by atoms with van der Waals surface area (Å²) in [5.74, 6) is -0.595. The highest BCUT2D eigenvalue weighted by molar-refractivity contribution is 5.76. The fourth-order valence-electron chi connectivity index (χ4n) is 4.49. The lowest BCUT2D eigenvalue weighted by atomic mass is 9.68. The Bertz CT molecular complexity index is 574. The number of hydrogen-bond donors (Lipinski definition) is 1. The summed E-state index contributed by atoms with van der Waals surface area (Å²) in [4.78, 5) is 16.7. The van der Waals surface area contributed by atoms with E-state index in [1.807, 2.05) is 0 Å². The highest BCUT2D eigenvalue weighted by Crippen LogP contribution is 2.42. The second kappa shape index (κ2) is 6.62. The first-order valence-corrected chi connectivity index (χ1v) is 8.79. The van der Waals surface area contributed by atoms with E-state index in [0.29, 0.717) is 0 Å². The Morgan fingerprint density at radius 3 is 2.70 bits per heavy atom. The Labute approximate surface area is 139 Å². The number of carbonyl (C=O) groups is 1. The molecule has 4 nitrogen and oxygen atoms in total. The summed E-state index contributed by atoms with van der Waals surface area (Å²) in [7, 11) is 2.09. The molecule has 2 saturated heterocycles. The summed E-state index contributed by atoms with van der Waals surface area (Å²) in [5.41, 5.74) is 2.25. The van der Waals surface area contributed by atoms with Crippen molar-refractivity contribution in [3.05, 3.63) is 35.4 Å². The van der Waals surface area contributed by atoms with E-state index in [9.17, 15) is 9.90 Å². The number of likely N-dealkylation sites (tertiary alicyclic amines) is 2.